The van der Waals surface area contributed by atoms with Gasteiger partial charge in [-0.25, -0.2) is 10.4 Å². The largest absolute Gasteiger partial charge is 0.275 e. The second-order valence-electron chi connectivity index (χ2n) is 2.88. The molecule has 14 heavy (non-hydrogen) atoms. The van der Waals surface area contributed by atoms with Crippen LogP contribution < -0.4 is 11.3 Å². The van der Waals surface area contributed by atoms with Crippen molar-refractivity contribution in [2.45, 2.75) is 6.04 Å². The van der Waals surface area contributed by atoms with Crippen LogP contribution in [0.2, 0.25) is 0 Å². The first-order valence-corrected chi connectivity index (χ1v) is 4.12. The Labute approximate surface area is 80.3 Å². The van der Waals surface area contributed by atoms with Crippen molar-refractivity contribution >= 4 is 0 Å². The highest BCUT2D eigenvalue weighted by atomic mass is 15.3. The third-order valence-electron chi connectivity index (χ3n) is 1.90. The Bertz CT molecular complexity index is 390. The van der Waals surface area contributed by atoms with Crippen LogP contribution in [0.4, 0.5) is 0 Å². The van der Waals surface area contributed by atoms with Gasteiger partial charge in [-0.15, -0.1) is 0 Å². The standard InChI is InChI=1S/C7H11N7/c1-14-3-2-5(13-14)6(11-8)7-9-4-10-12-7/h2-4,6,11H,8H2,1H3,(H,9,10,12). The predicted octanol–water partition coefficient (Wildman–Crippen LogP) is -0.909. The molecule has 0 aliphatic rings. The average molecular weight is 193 g/mol. The normalized spacial score (nSPS) is 13.0. The zero-order valence-corrected chi connectivity index (χ0v) is 7.68. The van der Waals surface area contributed by atoms with Crippen molar-refractivity contribution in [3.63, 3.8) is 0 Å². The van der Waals surface area contributed by atoms with Crippen molar-refractivity contribution in [1.29, 1.82) is 0 Å². The molecule has 7 nitrogen and oxygen atoms in total. The van der Waals surface area contributed by atoms with Crippen LogP contribution in [-0.4, -0.2) is 25.0 Å². The molecule has 2 aromatic rings. The van der Waals surface area contributed by atoms with Crippen molar-refractivity contribution in [1.82, 2.24) is 30.4 Å². The molecule has 1 atom stereocenters. The van der Waals surface area contributed by atoms with Crippen molar-refractivity contribution in [3.05, 3.63) is 30.1 Å². The summed E-state index contributed by atoms with van der Waals surface area (Å²) >= 11 is 0. The summed E-state index contributed by atoms with van der Waals surface area (Å²) in [6.07, 6.45) is 3.28. The maximum atomic E-state index is 5.42. The number of hydrazine groups is 1. The molecule has 0 spiro atoms. The number of aryl methyl sites for hydroxylation is 1. The SMILES string of the molecule is Cn1ccc(C(NN)c2ncn[nH]2)n1. The fourth-order valence-electron chi connectivity index (χ4n) is 1.25. The fraction of sp³-hybridized carbons (Fsp3) is 0.286. The molecule has 2 heterocycles. The van der Waals surface area contributed by atoms with Crippen LogP contribution in [0.5, 0.6) is 0 Å². The van der Waals surface area contributed by atoms with E-state index in [9.17, 15) is 0 Å². The minimum atomic E-state index is -0.251. The first-order valence-electron chi connectivity index (χ1n) is 4.12. The molecular weight excluding hydrogens is 182 g/mol. The molecule has 0 aliphatic carbocycles. The Morgan fingerprint density at radius 2 is 2.50 bits per heavy atom. The van der Waals surface area contributed by atoms with Gasteiger partial charge in [0.15, 0.2) is 0 Å². The van der Waals surface area contributed by atoms with E-state index in [1.165, 1.54) is 6.33 Å². The van der Waals surface area contributed by atoms with Crippen molar-refractivity contribution in [2.24, 2.45) is 12.9 Å². The van der Waals surface area contributed by atoms with E-state index in [2.05, 4.69) is 25.7 Å². The number of hydrogen-bond acceptors (Lipinski definition) is 5. The van der Waals surface area contributed by atoms with Gasteiger partial charge in [-0.05, 0) is 6.07 Å². The smallest absolute Gasteiger partial charge is 0.148 e. The van der Waals surface area contributed by atoms with Gasteiger partial charge in [-0.3, -0.25) is 15.6 Å². The highest BCUT2D eigenvalue weighted by Crippen LogP contribution is 2.14. The third-order valence-corrected chi connectivity index (χ3v) is 1.90. The van der Waals surface area contributed by atoms with Gasteiger partial charge in [-0.2, -0.15) is 10.2 Å². The number of nitrogens with one attached hydrogen (secondary N) is 2. The average Bonchev–Trinajstić information content (AvgIpc) is 2.79. The summed E-state index contributed by atoms with van der Waals surface area (Å²) in [5, 5.41) is 10.7. The number of aromatic nitrogens is 5. The second kappa shape index (κ2) is 3.56. The minimum Gasteiger partial charge on any atom is -0.275 e. The van der Waals surface area contributed by atoms with Gasteiger partial charge in [0.25, 0.3) is 0 Å². The number of hydrogen-bond donors (Lipinski definition) is 3. The molecular formula is C7H11N7. The lowest BCUT2D eigenvalue weighted by atomic mass is 10.2. The molecule has 0 saturated carbocycles. The van der Waals surface area contributed by atoms with E-state index in [-0.39, 0.29) is 6.04 Å². The summed E-state index contributed by atoms with van der Waals surface area (Å²) < 4.78 is 1.70. The molecule has 0 amide bonds. The zero-order valence-electron chi connectivity index (χ0n) is 7.68. The summed E-state index contributed by atoms with van der Waals surface area (Å²) in [7, 11) is 1.84. The summed E-state index contributed by atoms with van der Waals surface area (Å²) in [4.78, 5) is 4.01. The maximum absolute atomic E-state index is 5.42. The highest BCUT2D eigenvalue weighted by Gasteiger charge is 2.17. The monoisotopic (exact) mass is 193 g/mol. The van der Waals surface area contributed by atoms with Crippen molar-refractivity contribution < 1.29 is 0 Å². The Hall–Kier alpha value is -1.73. The van der Waals surface area contributed by atoms with Gasteiger partial charge in [0, 0.05) is 13.2 Å². The molecule has 4 N–H and O–H groups in total. The molecule has 0 aromatic carbocycles. The van der Waals surface area contributed by atoms with Crippen LogP contribution in [0.3, 0.4) is 0 Å². The summed E-state index contributed by atoms with van der Waals surface area (Å²) in [6, 6.07) is 1.62. The Morgan fingerprint density at radius 1 is 1.64 bits per heavy atom. The van der Waals surface area contributed by atoms with Gasteiger partial charge in [0.05, 0.1) is 5.69 Å². The third kappa shape index (κ3) is 1.50. The predicted molar refractivity (Wildman–Crippen MR) is 48.8 cm³/mol. The lowest BCUT2D eigenvalue weighted by molar-refractivity contribution is 0.577. The van der Waals surface area contributed by atoms with Crippen LogP contribution in [0.25, 0.3) is 0 Å². The van der Waals surface area contributed by atoms with Gasteiger partial charge >= 0.3 is 0 Å². The van der Waals surface area contributed by atoms with Crippen LogP contribution in [0, 0.1) is 0 Å². The number of nitrogens with two attached hydrogens (primary N) is 1. The maximum Gasteiger partial charge on any atom is 0.148 e. The number of H-pyrrole nitrogens is 1. The second-order valence-corrected chi connectivity index (χ2v) is 2.88. The van der Waals surface area contributed by atoms with Gasteiger partial charge in [-0.1, -0.05) is 0 Å². The lowest BCUT2D eigenvalue weighted by Gasteiger charge is -2.08. The van der Waals surface area contributed by atoms with E-state index in [0.29, 0.717) is 5.82 Å². The van der Waals surface area contributed by atoms with E-state index in [1.54, 1.807) is 4.68 Å². The molecule has 0 bridgehead atoms. The van der Waals surface area contributed by atoms with Gasteiger partial charge in [0.2, 0.25) is 0 Å². The van der Waals surface area contributed by atoms with E-state index in [1.807, 2.05) is 19.3 Å². The molecule has 2 aromatic heterocycles. The minimum absolute atomic E-state index is 0.251. The van der Waals surface area contributed by atoms with Crippen molar-refractivity contribution in [3.8, 4) is 0 Å². The Balaban J connectivity index is 2.31. The van der Waals surface area contributed by atoms with Crippen LogP contribution in [0.1, 0.15) is 17.6 Å². The van der Waals surface area contributed by atoms with Gasteiger partial charge in [0.1, 0.15) is 18.2 Å². The van der Waals surface area contributed by atoms with Crippen LogP contribution >= 0.6 is 0 Å². The molecule has 0 aliphatic heterocycles. The fourth-order valence-corrected chi connectivity index (χ4v) is 1.25. The topological polar surface area (TPSA) is 97.4 Å². The molecule has 0 radical (unpaired) electrons. The highest BCUT2D eigenvalue weighted by molar-refractivity contribution is 5.13. The molecule has 74 valence electrons. The van der Waals surface area contributed by atoms with Crippen molar-refractivity contribution in [2.75, 3.05) is 0 Å². The molecule has 1 unspecified atom stereocenters. The number of nitrogens with zero attached hydrogens (tertiary/aromatic N) is 4. The van der Waals surface area contributed by atoms with E-state index in [0.717, 1.165) is 5.69 Å². The zero-order chi connectivity index (χ0) is 9.97. The van der Waals surface area contributed by atoms with Crippen LogP contribution in [0.15, 0.2) is 18.6 Å². The van der Waals surface area contributed by atoms with Crippen LogP contribution in [-0.2, 0) is 7.05 Å². The molecule has 7 heteroatoms. The first-order chi connectivity index (χ1) is 6.81. The number of aromatic amines is 1. The molecule has 0 fully saturated rings. The Kier molecular flexibility index (Phi) is 2.25. The summed E-state index contributed by atoms with van der Waals surface area (Å²) in [5.74, 6) is 6.06. The summed E-state index contributed by atoms with van der Waals surface area (Å²) in [5.41, 5.74) is 3.42. The summed E-state index contributed by atoms with van der Waals surface area (Å²) in [6.45, 7) is 0. The molecule has 0 saturated heterocycles. The Morgan fingerprint density at radius 3 is 3.00 bits per heavy atom. The number of rotatable bonds is 3. The van der Waals surface area contributed by atoms with Gasteiger partial charge < -0.3 is 0 Å². The first kappa shape index (κ1) is 8.85. The molecule has 2 rings (SSSR count). The lowest BCUT2D eigenvalue weighted by Crippen LogP contribution is -2.30. The van der Waals surface area contributed by atoms with E-state index in [4.69, 9.17) is 5.84 Å². The van der Waals surface area contributed by atoms with E-state index < -0.39 is 0 Å². The quantitative estimate of drug-likeness (QED) is 0.433. The van der Waals surface area contributed by atoms with E-state index >= 15 is 0 Å².